The molecule has 4 amide bonds. The largest absolute Gasteiger partial charge is 0.480 e. The molecule has 0 aliphatic rings. The third kappa shape index (κ3) is 9.83. The monoisotopic (exact) mass is 453 g/mol. The highest BCUT2D eigenvalue weighted by molar-refractivity contribution is 7.80. The second-order valence-corrected chi connectivity index (χ2v) is 6.89. The number of carbonyl (C=O) groups is 5. The molecule has 5 atom stereocenters. The number of aliphatic carboxylic acids is 1. The van der Waals surface area contributed by atoms with Crippen molar-refractivity contribution in [2.45, 2.75) is 50.0 Å². The molecule has 0 aliphatic carbocycles. The van der Waals surface area contributed by atoms with E-state index < -0.39 is 59.9 Å². The number of primary amides is 1. The van der Waals surface area contributed by atoms with Crippen LogP contribution < -0.4 is 27.4 Å². The molecule has 0 heterocycles. The SMILES string of the molecule is CC(O)C(N)C(=O)NC(CS)C(=O)NC(CS)C(=O)NC(CCC(N)=O)C(=O)O. The molecule has 9 N–H and O–H groups in total. The van der Waals surface area contributed by atoms with E-state index >= 15 is 0 Å². The molecule has 14 heteroatoms. The molecule has 0 spiro atoms. The average Bonchev–Trinajstić information content (AvgIpc) is 2.65. The Balaban J connectivity index is 5.01. The lowest BCUT2D eigenvalue weighted by Gasteiger charge is -2.24. The molecule has 5 unspecified atom stereocenters. The van der Waals surface area contributed by atoms with Crippen LogP contribution in [0.5, 0.6) is 0 Å². The lowest BCUT2D eigenvalue weighted by atomic mass is 10.1. The van der Waals surface area contributed by atoms with E-state index in [9.17, 15) is 29.1 Å². The first kappa shape index (κ1) is 27.0. The maximum atomic E-state index is 12.3. The number of carboxylic acid groups (broad SMARTS) is 1. The van der Waals surface area contributed by atoms with Crippen LogP contribution >= 0.6 is 25.3 Å². The van der Waals surface area contributed by atoms with Crippen molar-refractivity contribution in [1.82, 2.24) is 16.0 Å². The number of aliphatic hydroxyl groups excluding tert-OH is 1. The number of rotatable bonds is 13. The van der Waals surface area contributed by atoms with Crippen LogP contribution in [-0.2, 0) is 24.0 Å². The van der Waals surface area contributed by atoms with Crippen molar-refractivity contribution in [2.24, 2.45) is 11.5 Å². The first-order valence-corrected chi connectivity index (χ1v) is 9.78. The molecule has 0 saturated heterocycles. The van der Waals surface area contributed by atoms with Gasteiger partial charge in [-0.15, -0.1) is 0 Å². The van der Waals surface area contributed by atoms with Crippen LogP contribution in [0.25, 0.3) is 0 Å². The first-order valence-electron chi connectivity index (χ1n) is 8.52. The zero-order chi connectivity index (χ0) is 22.7. The highest BCUT2D eigenvalue weighted by Gasteiger charge is 2.30. The van der Waals surface area contributed by atoms with Crippen LogP contribution in [-0.4, -0.2) is 81.6 Å². The summed E-state index contributed by atoms with van der Waals surface area (Å²) in [5.41, 5.74) is 10.5. The van der Waals surface area contributed by atoms with Crippen molar-refractivity contribution >= 4 is 54.9 Å². The number of hydrogen-bond donors (Lipinski definition) is 9. The zero-order valence-electron chi connectivity index (χ0n) is 15.7. The Bertz CT molecular complexity index is 620. The molecular formula is C15H27N5O7S2. The van der Waals surface area contributed by atoms with E-state index in [1.807, 2.05) is 0 Å². The van der Waals surface area contributed by atoms with Crippen molar-refractivity contribution in [2.75, 3.05) is 11.5 Å². The fraction of sp³-hybridized carbons (Fsp3) is 0.667. The molecule has 12 nitrogen and oxygen atoms in total. The van der Waals surface area contributed by atoms with E-state index in [4.69, 9.17) is 16.6 Å². The quantitative estimate of drug-likeness (QED) is 0.126. The van der Waals surface area contributed by atoms with Gasteiger partial charge in [-0.3, -0.25) is 19.2 Å². The van der Waals surface area contributed by atoms with Gasteiger partial charge in [0.15, 0.2) is 0 Å². The molecule has 0 aliphatic heterocycles. The Hall–Kier alpha value is -2.03. The van der Waals surface area contributed by atoms with Gasteiger partial charge in [0.1, 0.15) is 24.2 Å². The minimum absolute atomic E-state index is 0.138. The topological polar surface area (TPSA) is 214 Å². The van der Waals surface area contributed by atoms with Gasteiger partial charge in [0.2, 0.25) is 23.6 Å². The van der Waals surface area contributed by atoms with Gasteiger partial charge >= 0.3 is 5.97 Å². The number of amides is 4. The van der Waals surface area contributed by atoms with Gasteiger partial charge < -0.3 is 37.6 Å². The predicted octanol–water partition coefficient (Wildman–Crippen LogP) is -3.64. The van der Waals surface area contributed by atoms with Gasteiger partial charge in [-0.25, -0.2) is 4.79 Å². The number of carbonyl (C=O) groups excluding carboxylic acids is 4. The molecule has 0 aromatic carbocycles. The van der Waals surface area contributed by atoms with Crippen LogP contribution in [0, 0.1) is 0 Å². The number of nitrogens with one attached hydrogen (secondary N) is 3. The smallest absolute Gasteiger partial charge is 0.326 e. The van der Waals surface area contributed by atoms with Crippen LogP contribution in [0.4, 0.5) is 0 Å². The number of carboxylic acids is 1. The van der Waals surface area contributed by atoms with Crippen molar-refractivity contribution in [3.63, 3.8) is 0 Å². The number of hydrogen-bond acceptors (Lipinski definition) is 9. The number of aliphatic hydroxyl groups is 1. The fourth-order valence-corrected chi connectivity index (χ4v) is 2.48. The summed E-state index contributed by atoms with van der Waals surface area (Å²) < 4.78 is 0. The molecule has 0 fully saturated rings. The van der Waals surface area contributed by atoms with Gasteiger partial charge in [0.25, 0.3) is 0 Å². The van der Waals surface area contributed by atoms with Crippen molar-refractivity contribution in [1.29, 1.82) is 0 Å². The third-order valence-corrected chi connectivity index (χ3v) is 4.48. The summed E-state index contributed by atoms with van der Waals surface area (Å²) in [4.78, 5) is 58.5. The summed E-state index contributed by atoms with van der Waals surface area (Å²) in [6.07, 6.45) is -1.63. The molecule has 166 valence electrons. The second kappa shape index (κ2) is 13.2. The molecule has 0 radical (unpaired) electrons. The molecule has 0 aromatic heterocycles. The summed E-state index contributed by atoms with van der Waals surface area (Å²) in [5.74, 6) is -4.86. The fourth-order valence-electron chi connectivity index (χ4n) is 1.96. The normalized spacial score (nSPS) is 15.9. The molecule has 0 aromatic rings. The Morgan fingerprint density at radius 2 is 1.31 bits per heavy atom. The van der Waals surface area contributed by atoms with Crippen LogP contribution in [0.2, 0.25) is 0 Å². The van der Waals surface area contributed by atoms with Crippen LogP contribution in [0.1, 0.15) is 19.8 Å². The summed E-state index contributed by atoms with van der Waals surface area (Å²) in [5, 5.41) is 25.3. The van der Waals surface area contributed by atoms with Gasteiger partial charge in [-0.05, 0) is 13.3 Å². The van der Waals surface area contributed by atoms with Gasteiger partial charge in [0, 0.05) is 17.9 Å². The van der Waals surface area contributed by atoms with Crippen molar-refractivity contribution < 1.29 is 34.2 Å². The zero-order valence-corrected chi connectivity index (χ0v) is 17.5. The predicted molar refractivity (Wildman–Crippen MR) is 109 cm³/mol. The van der Waals surface area contributed by atoms with E-state index in [1.54, 1.807) is 0 Å². The Morgan fingerprint density at radius 1 is 0.897 bits per heavy atom. The summed E-state index contributed by atoms with van der Waals surface area (Å²) in [6, 6.07) is -5.06. The Labute approximate surface area is 178 Å². The summed E-state index contributed by atoms with van der Waals surface area (Å²) >= 11 is 7.92. The number of nitrogens with two attached hydrogens (primary N) is 2. The minimum atomic E-state index is -1.39. The first-order chi connectivity index (χ1) is 13.4. The van der Waals surface area contributed by atoms with E-state index in [-0.39, 0.29) is 24.3 Å². The van der Waals surface area contributed by atoms with Crippen molar-refractivity contribution in [3.05, 3.63) is 0 Å². The van der Waals surface area contributed by atoms with E-state index in [1.165, 1.54) is 6.92 Å². The van der Waals surface area contributed by atoms with Crippen LogP contribution in [0.15, 0.2) is 0 Å². The summed E-state index contributed by atoms with van der Waals surface area (Å²) in [6.45, 7) is 1.30. The summed E-state index contributed by atoms with van der Waals surface area (Å²) in [7, 11) is 0. The molecule has 0 bridgehead atoms. The Morgan fingerprint density at radius 3 is 1.66 bits per heavy atom. The van der Waals surface area contributed by atoms with Crippen LogP contribution in [0.3, 0.4) is 0 Å². The van der Waals surface area contributed by atoms with Gasteiger partial charge in [0.05, 0.1) is 6.10 Å². The standard InChI is InChI=1S/C15H27N5O7S2/c1-6(21)11(17)14(25)20-9(5-29)13(24)19-8(4-28)12(23)18-7(15(26)27)2-3-10(16)22/h6-9,11,21,28-29H,2-5,17H2,1H3,(H2,16,22)(H,18,23)(H,19,24)(H,20,25)(H,26,27). The lowest BCUT2D eigenvalue weighted by Crippen LogP contribution is -2.59. The maximum absolute atomic E-state index is 12.3. The van der Waals surface area contributed by atoms with Gasteiger partial charge in [-0.1, -0.05) is 0 Å². The van der Waals surface area contributed by atoms with Crippen molar-refractivity contribution in [3.8, 4) is 0 Å². The number of thiol groups is 2. The highest BCUT2D eigenvalue weighted by atomic mass is 32.1. The highest BCUT2D eigenvalue weighted by Crippen LogP contribution is 2.01. The second-order valence-electron chi connectivity index (χ2n) is 6.16. The van der Waals surface area contributed by atoms with E-state index in [0.29, 0.717) is 0 Å². The van der Waals surface area contributed by atoms with E-state index in [2.05, 4.69) is 41.2 Å². The minimum Gasteiger partial charge on any atom is -0.480 e. The van der Waals surface area contributed by atoms with Gasteiger partial charge in [-0.2, -0.15) is 25.3 Å². The molecule has 29 heavy (non-hydrogen) atoms. The third-order valence-electron chi connectivity index (χ3n) is 3.75. The molecule has 0 rings (SSSR count). The lowest BCUT2D eigenvalue weighted by molar-refractivity contribution is -0.142. The Kier molecular flexibility index (Phi) is 12.3. The maximum Gasteiger partial charge on any atom is 0.326 e. The average molecular weight is 454 g/mol. The van der Waals surface area contributed by atoms with E-state index in [0.717, 1.165) is 0 Å². The molecular weight excluding hydrogens is 426 g/mol. The molecule has 0 saturated carbocycles.